The van der Waals surface area contributed by atoms with Crippen LogP contribution in [0, 0.1) is 6.92 Å². The number of rotatable bonds is 5. The molecule has 0 bridgehead atoms. The minimum atomic E-state index is -3.32. The van der Waals surface area contributed by atoms with Gasteiger partial charge in [-0.25, -0.2) is 13.4 Å². The van der Waals surface area contributed by atoms with Gasteiger partial charge < -0.3 is 10.2 Å². The lowest BCUT2D eigenvalue weighted by Crippen LogP contribution is -2.32. The number of aryl methyl sites for hydroxylation is 1. The fraction of sp³-hybridized carbons (Fsp3) is 0.364. The quantitative estimate of drug-likeness (QED) is 0.372. The number of nitrogens with one attached hydrogen (secondary N) is 2. The van der Waals surface area contributed by atoms with Gasteiger partial charge in [0.2, 0.25) is 5.95 Å². The van der Waals surface area contributed by atoms with E-state index >= 15 is 0 Å². The van der Waals surface area contributed by atoms with Crippen molar-refractivity contribution < 1.29 is 8.42 Å². The monoisotopic (exact) mass is 549 g/mol. The lowest BCUT2D eigenvalue weighted by Gasteiger charge is -2.22. The Hall–Kier alpha value is -1.98. The zero-order chi connectivity index (χ0) is 21.6. The van der Waals surface area contributed by atoms with Crippen LogP contribution in [0.4, 0.5) is 11.8 Å². The van der Waals surface area contributed by atoms with E-state index in [-0.39, 0.29) is 11.3 Å². The largest absolute Gasteiger partial charge is 0.368 e. The van der Waals surface area contributed by atoms with Crippen molar-refractivity contribution in [1.29, 1.82) is 0 Å². The van der Waals surface area contributed by atoms with Crippen LogP contribution < -0.4 is 13.7 Å². The lowest BCUT2D eigenvalue weighted by atomic mass is 10.1. The maximum absolute atomic E-state index is 12.8. The molecular weight excluding hydrogens is 525 g/mol. The third-order valence-corrected chi connectivity index (χ3v) is 9.00. The van der Waals surface area contributed by atoms with Crippen molar-refractivity contribution in [3.63, 3.8) is 0 Å². The summed E-state index contributed by atoms with van der Waals surface area (Å²) >= 11 is 2.22. The second-order valence-electron chi connectivity index (χ2n) is 8.47. The molecular formula is C22H24IN5O2S. The second-order valence-corrected chi connectivity index (χ2v) is 11.1. The van der Waals surface area contributed by atoms with Crippen LogP contribution in [-0.2, 0) is 16.4 Å². The minimum Gasteiger partial charge on any atom is -0.368 e. The molecule has 2 N–H and O–H groups in total. The summed E-state index contributed by atoms with van der Waals surface area (Å²) in [6.07, 6.45) is 2.28. The molecule has 7 nitrogen and oxygen atoms in total. The maximum Gasteiger partial charge on any atom is 0.228 e. The molecule has 2 aromatic carbocycles. The number of halogens is 1. The molecule has 31 heavy (non-hydrogen) atoms. The molecule has 2 aliphatic rings. The zero-order valence-corrected chi connectivity index (χ0v) is 20.2. The fourth-order valence-corrected chi connectivity index (χ4v) is 6.18. The van der Waals surface area contributed by atoms with Gasteiger partial charge >= 0.3 is 0 Å². The van der Waals surface area contributed by atoms with Crippen molar-refractivity contribution in [3.05, 3.63) is 53.6 Å². The second kappa shape index (κ2) is 7.86. The summed E-state index contributed by atoms with van der Waals surface area (Å²) in [5.41, 5.74) is 2.91. The minimum absolute atomic E-state index is 0.0456. The molecule has 0 amide bonds. The molecule has 1 aliphatic heterocycles. The molecule has 1 aromatic heterocycles. The number of hydrogen-bond acceptors (Lipinski definition) is 7. The molecule has 0 spiro atoms. The number of fused-ring (bicyclic) bond motifs is 2. The lowest BCUT2D eigenvalue weighted by molar-refractivity contribution is 0.596. The van der Waals surface area contributed by atoms with Gasteiger partial charge in [0.25, 0.3) is 0 Å². The van der Waals surface area contributed by atoms with E-state index < -0.39 is 9.84 Å². The Kier molecular flexibility index (Phi) is 5.30. The van der Waals surface area contributed by atoms with Gasteiger partial charge in [-0.3, -0.25) is 3.53 Å². The third kappa shape index (κ3) is 4.10. The standard InChI is InChI=1S/C22H24IN5O2S/c1-15-6-7-18-17(12-15)20(24-14-22(27-23)8-9-22)26-21(25-18)28-10-11-31(29,30)19-5-3-2-4-16(19)13-28/h2-7,12,27H,8-11,13-14H2,1H3,(H,24,25,26). The van der Waals surface area contributed by atoms with Gasteiger partial charge in [0.1, 0.15) is 5.82 Å². The first kappa shape index (κ1) is 20.9. The predicted molar refractivity (Wildman–Crippen MR) is 131 cm³/mol. The summed E-state index contributed by atoms with van der Waals surface area (Å²) in [6.45, 7) is 3.66. The summed E-state index contributed by atoms with van der Waals surface area (Å²) in [4.78, 5) is 12.1. The highest BCUT2D eigenvalue weighted by atomic mass is 127. The van der Waals surface area contributed by atoms with E-state index in [9.17, 15) is 8.42 Å². The number of anilines is 2. The summed E-state index contributed by atoms with van der Waals surface area (Å²) in [5.74, 6) is 1.39. The molecule has 0 radical (unpaired) electrons. The van der Waals surface area contributed by atoms with E-state index in [1.165, 1.54) is 0 Å². The third-order valence-electron chi connectivity index (χ3n) is 6.07. The number of hydrogen-bond donors (Lipinski definition) is 2. The topological polar surface area (TPSA) is 87.2 Å². The van der Waals surface area contributed by atoms with Crippen molar-refractivity contribution in [1.82, 2.24) is 13.5 Å². The van der Waals surface area contributed by atoms with Crippen LogP contribution in [0.2, 0.25) is 0 Å². The summed E-state index contributed by atoms with van der Waals surface area (Å²) in [6, 6.07) is 13.4. The SMILES string of the molecule is Cc1ccc2nc(N3CCS(=O)(=O)c4ccccc4C3)nc(NCC3(NI)CC3)c2c1. The van der Waals surface area contributed by atoms with Crippen LogP contribution in [0.25, 0.3) is 10.9 Å². The van der Waals surface area contributed by atoms with Gasteiger partial charge in [0.15, 0.2) is 9.84 Å². The van der Waals surface area contributed by atoms with Gasteiger partial charge in [-0.05, 0) is 43.5 Å². The molecule has 2 heterocycles. The van der Waals surface area contributed by atoms with Crippen molar-refractivity contribution in [2.75, 3.05) is 29.1 Å². The Bertz CT molecular complexity index is 1260. The van der Waals surface area contributed by atoms with Crippen LogP contribution in [0.15, 0.2) is 47.4 Å². The Morgan fingerprint density at radius 3 is 2.74 bits per heavy atom. The van der Waals surface area contributed by atoms with Crippen LogP contribution in [0.1, 0.15) is 24.0 Å². The van der Waals surface area contributed by atoms with Crippen LogP contribution in [0.5, 0.6) is 0 Å². The molecule has 5 rings (SSSR count). The number of sulfone groups is 1. The van der Waals surface area contributed by atoms with Crippen molar-refractivity contribution in [3.8, 4) is 0 Å². The first-order valence-corrected chi connectivity index (χ1v) is 13.1. The molecule has 1 aliphatic carbocycles. The molecule has 1 saturated carbocycles. The molecule has 0 unspecified atom stereocenters. The number of benzene rings is 2. The Morgan fingerprint density at radius 1 is 1.16 bits per heavy atom. The van der Waals surface area contributed by atoms with E-state index in [0.29, 0.717) is 23.9 Å². The summed E-state index contributed by atoms with van der Waals surface area (Å²) in [5, 5.41) is 4.52. The first-order chi connectivity index (χ1) is 14.9. The van der Waals surface area contributed by atoms with Crippen molar-refractivity contribution in [2.45, 2.75) is 36.7 Å². The highest BCUT2D eigenvalue weighted by molar-refractivity contribution is 14.1. The molecule has 9 heteroatoms. The first-order valence-electron chi connectivity index (χ1n) is 10.3. The summed E-state index contributed by atoms with van der Waals surface area (Å²) < 4.78 is 28.9. The number of nitrogens with zero attached hydrogens (tertiary/aromatic N) is 3. The zero-order valence-electron chi connectivity index (χ0n) is 17.2. The molecule has 3 aromatic rings. The molecule has 162 valence electrons. The Morgan fingerprint density at radius 2 is 1.97 bits per heavy atom. The van der Waals surface area contributed by atoms with Gasteiger partial charge in [-0.2, -0.15) is 4.98 Å². The average Bonchev–Trinajstić information content (AvgIpc) is 3.56. The maximum atomic E-state index is 12.8. The normalized spacial score (nSPS) is 19.0. The summed E-state index contributed by atoms with van der Waals surface area (Å²) in [7, 11) is -3.32. The van der Waals surface area contributed by atoms with Crippen molar-refractivity contribution in [2.24, 2.45) is 0 Å². The van der Waals surface area contributed by atoms with E-state index in [0.717, 1.165) is 47.2 Å². The van der Waals surface area contributed by atoms with Crippen LogP contribution >= 0.6 is 22.9 Å². The van der Waals surface area contributed by atoms with Crippen molar-refractivity contribution >= 4 is 55.4 Å². The predicted octanol–water partition coefficient (Wildman–Crippen LogP) is 3.62. The van der Waals surface area contributed by atoms with Gasteiger partial charge in [-0.1, -0.05) is 29.8 Å². The highest BCUT2D eigenvalue weighted by Crippen LogP contribution is 2.37. The molecule has 0 saturated heterocycles. The van der Waals surface area contributed by atoms with E-state index in [2.05, 4.69) is 44.7 Å². The van der Waals surface area contributed by atoms with Crippen LogP contribution in [-0.4, -0.2) is 42.8 Å². The Labute approximate surface area is 196 Å². The number of aromatic nitrogens is 2. The molecule has 0 atom stereocenters. The Balaban J connectivity index is 1.55. The van der Waals surface area contributed by atoms with Gasteiger partial charge in [-0.15, -0.1) is 0 Å². The molecule has 1 fully saturated rings. The smallest absolute Gasteiger partial charge is 0.228 e. The fourth-order valence-electron chi connectivity index (χ4n) is 3.95. The van der Waals surface area contributed by atoms with E-state index in [4.69, 9.17) is 9.97 Å². The van der Waals surface area contributed by atoms with Gasteiger partial charge in [0, 0.05) is 53.4 Å². The van der Waals surface area contributed by atoms with E-state index in [1.54, 1.807) is 12.1 Å². The average molecular weight is 549 g/mol. The van der Waals surface area contributed by atoms with E-state index in [1.807, 2.05) is 29.2 Å². The van der Waals surface area contributed by atoms with Crippen LogP contribution in [0.3, 0.4) is 0 Å². The van der Waals surface area contributed by atoms with Gasteiger partial charge in [0.05, 0.1) is 16.2 Å². The highest BCUT2D eigenvalue weighted by Gasteiger charge is 2.41.